The lowest BCUT2D eigenvalue weighted by Crippen LogP contribution is -2.37. The molecule has 0 N–H and O–H groups in total. The fourth-order valence-electron chi connectivity index (χ4n) is 8.51. The molecule has 0 radical (unpaired) electrons. The zero-order valence-electron chi connectivity index (χ0n) is 50.8. The Bertz CT molecular complexity index is 1680. The number of phosphoric ester groups is 1. The molecule has 9 nitrogen and oxygen atoms in total. The summed E-state index contributed by atoms with van der Waals surface area (Å²) >= 11 is 0. The Hall–Kier alpha value is -3.33. The fourth-order valence-corrected chi connectivity index (χ4v) is 9.24. The van der Waals surface area contributed by atoms with Crippen LogP contribution in [0.5, 0.6) is 0 Å². The summed E-state index contributed by atoms with van der Waals surface area (Å²) in [5.41, 5.74) is 0. The topological polar surface area (TPSA) is 111 Å². The Morgan fingerprint density at radius 3 is 1.06 bits per heavy atom. The molecule has 0 aromatic carbocycles. The first kappa shape index (κ1) is 74.7. The highest BCUT2D eigenvalue weighted by Gasteiger charge is 2.21. The van der Waals surface area contributed by atoms with Crippen molar-refractivity contribution in [3.8, 4) is 0 Å². The number of phosphoric acid groups is 1. The molecule has 2 atom stereocenters. The predicted octanol–water partition coefficient (Wildman–Crippen LogP) is 19.5. The van der Waals surface area contributed by atoms with Crippen molar-refractivity contribution in [3.63, 3.8) is 0 Å². The van der Waals surface area contributed by atoms with Crippen LogP contribution in [0.15, 0.2) is 109 Å². The summed E-state index contributed by atoms with van der Waals surface area (Å²) in [5, 5.41) is 0. The molecule has 0 aliphatic rings. The van der Waals surface area contributed by atoms with Gasteiger partial charge in [-0.05, 0) is 89.9 Å². The van der Waals surface area contributed by atoms with Gasteiger partial charge in [0.1, 0.15) is 19.8 Å². The summed E-state index contributed by atoms with van der Waals surface area (Å²) < 4.78 is 34.1. The van der Waals surface area contributed by atoms with E-state index in [4.69, 9.17) is 18.5 Å². The standard InChI is InChI=1S/C68H118NO8P/c1-6-8-10-12-14-16-18-20-22-24-25-26-27-28-29-30-31-32-33-34-35-36-37-38-39-40-41-42-43-45-46-48-50-52-54-56-58-60-67(70)74-64-66(65-76-78(72,73)75-63-62-69(3,4)5)77-68(71)61-59-57-55-53-51-49-47-44-23-21-19-17-15-13-11-9-7-2/h8-11,14-17,20-23,25-26,47,49,53,55,66H,6-7,12-13,18-19,24,27-46,48,50-52,54,56-65H2,1-5H3/b10-8-,11-9-,16-14-,17-15-,22-20-,23-21-,26-25-,49-47-,55-53-. The molecule has 2 unspecified atom stereocenters. The van der Waals surface area contributed by atoms with Crippen LogP contribution in [0, 0.1) is 0 Å². The smallest absolute Gasteiger partial charge is 0.306 e. The summed E-state index contributed by atoms with van der Waals surface area (Å²) in [6.07, 6.45) is 81.9. The largest absolute Gasteiger partial charge is 0.756 e. The lowest BCUT2D eigenvalue weighted by Gasteiger charge is -2.28. The van der Waals surface area contributed by atoms with E-state index in [9.17, 15) is 19.0 Å². The number of nitrogens with zero attached hydrogens (tertiary/aromatic N) is 1. The quantitative estimate of drug-likeness (QED) is 0.0195. The highest BCUT2D eigenvalue weighted by molar-refractivity contribution is 7.45. The third-order valence-corrected chi connectivity index (χ3v) is 14.3. The lowest BCUT2D eigenvalue weighted by molar-refractivity contribution is -0.870. The van der Waals surface area contributed by atoms with Crippen molar-refractivity contribution in [2.45, 2.75) is 264 Å². The Morgan fingerprint density at radius 2 is 0.705 bits per heavy atom. The van der Waals surface area contributed by atoms with Gasteiger partial charge < -0.3 is 27.9 Å². The molecule has 0 saturated carbocycles. The van der Waals surface area contributed by atoms with Gasteiger partial charge in [0.25, 0.3) is 7.82 Å². The second kappa shape index (κ2) is 58.3. The van der Waals surface area contributed by atoms with E-state index in [2.05, 4.69) is 117 Å². The van der Waals surface area contributed by atoms with E-state index in [0.29, 0.717) is 23.9 Å². The van der Waals surface area contributed by atoms with Crippen LogP contribution in [0.3, 0.4) is 0 Å². The van der Waals surface area contributed by atoms with Crippen molar-refractivity contribution >= 4 is 19.8 Å². The maximum absolute atomic E-state index is 12.8. The first-order valence-electron chi connectivity index (χ1n) is 31.6. The molecule has 448 valence electrons. The van der Waals surface area contributed by atoms with Gasteiger partial charge in [0.15, 0.2) is 6.10 Å². The van der Waals surface area contributed by atoms with Gasteiger partial charge in [0.05, 0.1) is 27.7 Å². The third kappa shape index (κ3) is 61.9. The molecule has 0 aromatic heterocycles. The summed E-state index contributed by atoms with van der Waals surface area (Å²) in [6, 6.07) is 0. The van der Waals surface area contributed by atoms with Crippen molar-refractivity contribution in [1.82, 2.24) is 0 Å². The van der Waals surface area contributed by atoms with E-state index in [1.54, 1.807) is 0 Å². The van der Waals surface area contributed by atoms with E-state index in [1.165, 1.54) is 141 Å². The zero-order chi connectivity index (χ0) is 57.0. The monoisotopic (exact) mass is 1110 g/mol. The second-order valence-electron chi connectivity index (χ2n) is 22.0. The first-order chi connectivity index (χ1) is 38.0. The lowest BCUT2D eigenvalue weighted by atomic mass is 10.0. The highest BCUT2D eigenvalue weighted by atomic mass is 31.2. The number of allylic oxidation sites excluding steroid dienone is 18. The summed E-state index contributed by atoms with van der Waals surface area (Å²) in [4.78, 5) is 37.8. The molecule has 0 fully saturated rings. The van der Waals surface area contributed by atoms with Crippen molar-refractivity contribution in [1.29, 1.82) is 0 Å². The van der Waals surface area contributed by atoms with Crippen LogP contribution in [0.4, 0.5) is 0 Å². The predicted molar refractivity (Wildman–Crippen MR) is 332 cm³/mol. The summed E-state index contributed by atoms with van der Waals surface area (Å²) in [5.74, 6) is -0.899. The number of likely N-dealkylation sites (N-methyl/N-ethyl adjacent to an activating group) is 1. The van der Waals surface area contributed by atoms with Crippen LogP contribution in [0.2, 0.25) is 0 Å². The molecule has 0 heterocycles. The van der Waals surface area contributed by atoms with Gasteiger partial charge in [0.2, 0.25) is 0 Å². The van der Waals surface area contributed by atoms with Gasteiger partial charge in [-0.15, -0.1) is 0 Å². The summed E-state index contributed by atoms with van der Waals surface area (Å²) in [6.45, 7) is 3.95. The molecule has 0 rings (SSSR count). The fraction of sp³-hybridized carbons (Fsp3) is 0.706. The van der Waals surface area contributed by atoms with Crippen LogP contribution < -0.4 is 4.89 Å². The van der Waals surface area contributed by atoms with E-state index < -0.39 is 32.5 Å². The van der Waals surface area contributed by atoms with E-state index in [-0.39, 0.29) is 26.1 Å². The van der Waals surface area contributed by atoms with Crippen molar-refractivity contribution in [2.75, 3.05) is 47.5 Å². The minimum Gasteiger partial charge on any atom is -0.756 e. The molecule has 0 aliphatic heterocycles. The van der Waals surface area contributed by atoms with Crippen LogP contribution in [-0.2, 0) is 32.7 Å². The molecular formula is C68H118NO8P. The number of esters is 2. The molecule has 0 bridgehead atoms. The van der Waals surface area contributed by atoms with Crippen LogP contribution >= 0.6 is 7.82 Å². The van der Waals surface area contributed by atoms with Crippen LogP contribution in [0.25, 0.3) is 0 Å². The molecule has 78 heavy (non-hydrogen) atoms. The zero-order valence-corrected chi connectivity index (χ0v) is 51.7. The molecule has 0 aliphatic carbocycles. The van der Waals surface area contributed by atoms with Crippen molar-refractivity contribution in [3.05, 3.63) is 109 Å². The average Bonchev–Trinajstić information content (AvgIpc) is 3.40. The molecule has 0 aromatic rings. The van der Waals surface area contributed by atoms with E-state index >= 15 is 0 Å². The van der Waals surface area contributed by atoms with E-state index in [1.807, 2.05) is 27.2 Å². The number of hydrogen-bond donors (Lipinski definition) is 0. The number of quaternary nitrogens is 1. The maximum Gasteiger partial charge on any atom is 0.306 e. The number of ether oxygens (including phenoxy) is 2. The number of carbonyl (C=O) groups excluding carboxylic acids is 2. The van der Waals surface area contributed by atoms with Crippen molar-refractivity contribution < 1.29 is 42.1 Å². The second-order valence-corrected chi connectivity index (χ2v) is 23.4. The Kier molecular flexibility index (Phi) is 55.8. The Morgan fingerprint density at radius 1 is 0.397 bits per heavy atom. The minimum absolute atomic E-state index is 0.0448. The molecular weight excluding hydrogens is 990 g/mol. The Labute approximate surface area is 480 Å². The maximum atomic E-state index is 12.8. The molecule has 0 spiro atoms. The minimum atomic E-state index is -4.66. The van der Waals surface area contributed by atoms with Gasteiger partial charge in [-0.1, -0.05) is 264 Å². The summed E-state index contributed by atoms with van der Waals surface area (Å²) in [7, 11) is 1.13. The van der Waals surface area contributed by atoms with Crippen molar-refractivity contribution in [2.24, 2.45) is 0 Å². The SMILES string of the molecule is CC/C=C\C/C=C\C/C=C\C/C=C\C/C=C\CCCC(=O)OC(COC(=O)CCCCCCCCCCCCCCCCCCCCCCCCCC/C=C\C/C=C\C/C=C\C/C=C\CC)COP(=O)([O-])OCC[N+](C)(C)C. The highest BCUT2D eigenvalue weighted by Crippen LogP contribution is 2.38. The van der Waals surface area contributed by atoms with Crippen LogP contribution in [-0.4, -0.2) is 70.0 Å². The average molecular weight is 1110 g/mol. The number of hydrogen-bond acceptors (Lipinski definition) is 8. The number of rotatable bonds is 57. The molecule has 10 heteroatoms. The van der Waals surface area contributed by atoms with Gasteiger partial charge in [-0.3, -0.25) is 14.2 Å². The third-order valence-electron chi connectivity index (χ3n) is 13.3. The molecule has 0 amide bonds. The van der Waals surface area contributed by atoms with Crippen LogP contribution in [0.1, 0.15) is 258 Å². The number of unbranched alkanes of at least 4 members (excludes halogenated alkanes) is 25. The molecule has 0 saturated heterocycles. The van der Waals surface area contributed by atoms with Gasteiger partial charge in [0, 0.05) is 12.8 Å². The Balaban J connectivity index is 3.99. The van der Waals surface area contributed by atoms with Gasteiger partial charge >= 0.3 is 11.9 Å². The van der Waals surface area contributed by atoms with Gasteiger partial charge in [-0.2, -0.15) is 0 Å². The number of carbonyl (C=O) groups is 2. The normalized spacial score (nSPS) is 14.0. The first-order valence-corrected chi connectivity index (χ1v) is 33.1. The van der Waals surface area contributed by atoms with Gasteiger partial charge in [-0.25, -0.2) is 0 Å². The van der Waals surface area contributed by atoms with E-state index in [0.717, 1.165) is 77.0 Å².